The molecule has 0 N–H and O–H groups in total. The SMILES string of the molecule is COC(=O)CCCC1(c2ccccc2)C23C4=CC=C5c6ccc7c8c9c%10c(c(c68)C521)C1=C3C2C4C=CC3C4C=CC5C6C=CC7C9C6C6=C%10C1=C(C32)C4C65. The predicted molar refractivity (Wildman–Crippen MR) is 207 cm³/mol. The summed E-state index contributed by atoms with van der Waals surface area (Å²) in [6.07, 6.45) is 24.1. The van der Waals surface area contributed by atoms with Gasteiger partial charge in [0.25, 0.3) is 0 Å². The summed E-state index contributed by atoms with van der Waals surface area (Å²) >= 11 is 0. The van der Waals surface area contributed by atoms with Gasteiger partial charge in [0.05, 0.1) is 7.11 Å². The molecule has 4 fully saturated rings. The molecule has 0 amide bonds. The van der Waals surface area contributed by atoms with E-state index in [1.54, 1.807) is 73.6 Å². The van der Waals surface area contributed by atoms with Gasteiger partial charge >= 0.3 is 5.97 Å². The molecule has 15 aliphatic rings. The fourth-order valence-corrected chi connectivity index (χ4v) is 19.6. The van der Waals surface area contributed by atoms with Gasteiger partial charge in [-0.2, -0.15) is 0 Å². The maximum absolute atomic E-state index is 13.0. The normalized spacial score (nSPS) is 47.6. The Kier molecular flexibility index (Phi) is 3.50. The van der Waals surface area contributed by atoms with Gasteiger partial charge in [0.15, 0.2) is 0 Å². The maximum atomic E-state index is 13.0. The van der Waals surface area contributed by atoms with E-state index in [2.05, 4.69) is 91.1 Å². The largest absolute Gasteiger partial charge is 0.469 e. The highest BCUT2D eigenvalue weighted by Gasteiger charge is 2.96. The molecule has 18 rings (SSSR count). The number of esters is 1. The lowest BCUT2D eigenvalue weighted by Crippen LogP contribution is -2.35. The molecule has 15 atom stereocenters. The van der Waals surface area contributed by atoms with E-state index in [1.165, 1.54) is 11.1 Å². The Morgan fingerprint density at radius 2 is 1.41 bits per heavy atom. The maximum Gasteiger partial charge on any atom is 0.305 e. The molecular formula is C52H36O2. The summed E-state index contributed by atoms with van der Waals surface area (Å²) in [4.78, 5) is 13.0. The number of carbonyl (C=O) groups excluding carboxylic acids is 1. The predicted octanol–water partition coefficient (Wildman–Crippen LogP) is 9.66. The molecule has 3 aromatic rings. The van der Waals surface area contributed by atoms with Crippen molar-refractivity contribution < 1.29 is 9.53 Å². The van der Waals surface area contributed by atoms with E-state index in [-0.39, 0.29) is 22.2 Å². The van der Waals surface area contributed by atoms with Crippen molar-refractivity contribution in [2.45, 2.75) is 41.9 Å². The van der Waals surface area contributed by atoms with Crippen LogP contribution in [0.5, 0.6) is 0 Å². The van der Waals surface area contributed by atoms with E-state index >= 15 is 0 Å². The second-order valence-corrected chi connectivity index (χ2v) is 20.0. The summed E-state index contributed by atoms with van der Waals surface area (Å²) in [5.74, 6) is 7.01. The first-order valence-corrected chi connectivity index (χ1v) is 21.2. The van der Waals surface area contributed by atoms with E-state index in [1.807, 2.05) is 16.7 Å². The minimum Gasteiger partial charge on any atom is -0.469 e. The molecule has 0 aromatic heterocycles. The number of methoxy groups -OCH3 is 1. The van der Waals surface area contributed by atoms with E-state index in [0.29, 0.717) is 77.4 Å². The van der Waals surface area contributed by atoms with Crippen LogP contribution in [0.15, 0.2) is 119 Å². The van der Waals surface area contributed by atoms with Gasteiger partial charge in [-0.05, 0) is 144 Å². The average molecular weight is 693 g/mol. The minimum atomic E-state index is -0.164. The molecule has 2 nitrogen and oxygen atoms in total. The van der Waals surface area contributed by atoms with Crippen LogP contribution >= 0.6 is 0 Å². The monoisotopic (exact) mass is 692 g/mol. The molecule has 0 saturated heterocycles. The molecule has 15 unspecified atom stereocenters. The average Bonchev–Trinajstić information content (AvgIpc) is 3.86. The van der Waals surface area contributed by atoms with Crippen molar-refractivity contribution in [3.63, 3.8) is 0 Å². The number of allylic oxidation sites excluding steroid dienone is 16. The first-order chi connectivity index (χ1) is 26.7. The van der Waals surface area contributed by atoms with Gasteiger partial charge in [-0.1, -0.05) is 108 Å². The zero-order valence-corrected chi connectivity index (χ0v) is 30.0. The van der Waals surface area contributed by atoms with E-state index < -0.39 is 0 Å². The third-order valence-electron chi connectivity index (χ3n) is 19.9. The van der Waals surface area contributed by atoms with Crippen LogP contribution in [-0.2, 0) is 20.4 Å². The number of benzene rings is 3. The summed E-state index contributed by atoms with van der Waals surface area (Å²) in [6, 6.07) is 17.0. The highest BCUT2D eigenvalue weighted by Crippen LogP contribution is 3.00. The molecule has 3 aromatic carbocycles. The molecule has 15 aliphatic carbocycles. The summed E-state index contributed by atoms with van der Waals surface area (Å²) in [7, 11) is 1.56. The Labute approximate surface area is 313 Å². The third kappa shape index (κ3) is 1.88. The number of hydrogen-bond acceptors (Lipinski definition) is 2. The van der Waals surface area contributed by atoms with Crippen LogP contribution in [0, 0.1) is 64.6 Å². The van der Waals surface area contributed by atoms with E-state index in [0.717, 1.165) is 12.8 Å². The van der Waals surface area contributed by atoms with Crippen molar-refractivity contribution in [3.05, 3.63) is 158 Å². The van der Waals surface area contributed by atoms with Crippen molar-refractivity contribution in [3.8, 4) is 0 Å². The zero-order chi connectivity index (χ0) is 34.3. The van der Waals surface area contributed by atoms with Crippen molar-refractivity contribution in [2.75, 3.05) is 7.11 Å². The third-order valence-corrected chi connectivity index (χ3v) is 19.9. The van der Waals surface area contributed by atoms with Crippen molar-refractivity contribution in [2.24, 2.45) is 64.6 Å². The van der Waals surface area contributed by atoms with Crippen LogP contribution < -0.4 is 0 Å². The number of ether oxygens (including phenoxy) is 1. The van der Waals surface area contributed by atoms with Gasteiger partial charge in [0.2, 0.25) is 0 Å². The fraction of sp³-hybridized carbons (Fsp3) is 0.365. The quantitative estimate of drug-likeness (QED) is 0.197. The Hall–Kier alpha value is -4.69. The Morgan fingerprint density at radius 3 is 2.20 bits per heavy atom. The minimum absolute atomic E-state index is 0.0762. The Morgan fingerprint density at radius 1 is 0.685 bits per heavy atom. The molecule has 0 heterocycles. The first kappa shape index (κ1) is 26.2. The molecule has 54 heavy (non-hydrogen) atoms. The van der Waals surface area contributed by atoms with Gasteiger partial charge < -0.3 is 4.74 Å². The molecular weight excluding hydrogens is 657 g/mol. The molecule has 4 saturated carbocycles. The van der Waals surface area contributed by atoms with Crippen LogP contribution in [0.25, 0.3) is 27.5 Å². The number of fused-ring (bicyclic) bond motifs is 5. The van der Waals surface area contributed by atoms with Crippen LogP contribution in [0.3, 0.4) is 0 Å². The molecule has 2 spiro atoms. The van der Waals surface area contributed by atoms with Crippen molar-refractivity contribution >= 4 is 33.5 Å². The Balaban J connectivity index is 1.10. The van der Waals surface area contributed by atoms with Gasteiger partial charge in [-0.3, -0.25) is 4.79 Å². The second kappa shape index (κ2) is 7.23. The van der Waals surface area contributed by atoms with E-state index in [4.69, 9.17) is 4.74 Å². The standard InChI is InChI=1S/C52H36O2/c1-54-31(53)8-5-19-50(20-6-3-2-4-7-20)51-29-17-18-30-28-16-14-26-24-12-10-22-21-9-11-23-25-13-15-27(29)38-36(25)41-34(23)32(21)40-33(22)35(24)42-37(26)39(28)49(52(30,50)51)47-45(42)43(40)44(41)46(47)48(38)51/h2-4,6-7,9-18,21-25,27,32-36,38H,5,8,19H2,1H3. The Bertz CT molecular complexity index is 2950. The molecule has 0 aliphatic heterocycles. The second-order valence-electron chi connectivity index (χ2n) is 20.0. The summed E-state index contributed by atoms with van der Waals surface area (Å²) in [6.45, 7) is 0. The lowest BCUT2D eigenvalue weighted by atomic mass is 9.58. The fourth-order valence-electron chi connectivity index (χ4n) is 19.6. The molecule has 0 radical (unpaired) electrons. The van der Waals surface area contributed by atoms with Gasteiger partial charge in [-0.15, -0.1) is 0 Å². The van der Waals surface area contributed by atoms with Crippen LogP contribution in [-0.4, -0.2) is 13.1 Å². The molecule has 0 bridgehead atoms. The number of rotatable bonds is 5. The highest BCUT2D eigenvalue weighted by atomic mass is 16.5. The summed E-state index contributed by atoms with van der Waals surface area (Å²) in [5, 5.41) is 3.30. The van der Waals surface area contributed by atoms with Gasteiger partial charge in [-0.25, -0.2) is 0 Å². The van der Waals surface area contributed by atoms with Crippen LogP contribution in [0.4, 0.5) is 0 Å². The zero-order valence-electron chi connectivity index (χ0n) is 30.0. The molecule has 2 heteroatoms. The molecule has 256 valence electrons. The lowest BCUT2D eigenvalue weighted by molar-refractivity contribution is -0.140. The summed E-state index contributed by atoms with van der Waals surface area (Å²) in [5.41, 5.74) is 25.5. The van der Waals surface area contributed by atoms with Gasteiger partial charge in [0, 0.05) is 40.4 Å². The first-order valence-electron chi connectivity index (χ1n) is 21.2. The topological polar surface area (TPSA) is 26.3 Å². The van der Waals surface area contributed by atoms with Crippen molar-refractivity contribution in [1.29, 1.82) is 0 Å². The number of carbonyl (C=O) groups is 1. The van der Waals surface area contributed by atoms with E-state index in [9.17, 15) is 4.79 Å². The van der Waals surface area contributed by atoms with Crippen LogP contribution in [0.2, 0.25) is 0 Å². The summed E-state index contributed by atoms with van der Waals surface area (Å²) < 4.78 is 5.32. The van der Waals surface area contributed by atoms with Crippen molar-refractivity contribution in [1.82, 2.24) is 0 Å². The number of hydrogen-bond donors (Lipinski definition) is 0. The lowest BCUT2D eigenvalue weighted by Gasteiger charge is -2.45. The van der Waals surface area contributed by atoms with Gasteiger partial charge in [0.1, 0.15) is 0 Å². The highest BCUT2D eigenvalue weighted by molar-refractivity contribution is 6.27. The smallest absolute Gasteiger partial charge is 0.305 e. The van der Waals surface area contributed by atoms with Crippen LogP contribution in [0.1, 0.15) is 70.0 Å².